The molecule has 2 unspecified atom stereocenters. The number of unbranched alkanes of at least 4 members (excludes halogenated alkanes) is 3. The van der Waals surface area contributed by atoms with E-state index < -0.39 is 0 Å². The van der Waals surface area contributed by atoms with Crippen LogP contribution in [0.2, 0.25) is 0 Å². The number of benzene rings is 1. The first-order chi connectivity index (χ1) is 11.1. The quantitative estimate of drug-likeness (QED) is 0.570. The number of rotatable bonds is 8. The molecule has 0 aliphatic carbocycles. The summed E-state index contributed by atoms with van der Waals surface area (Å²) in [5.74, 6) is 0.345. The van der Waals surface area contributed by atoms with E-state index in [0.717, 1.165) is 18.4 Å². The molecule has 1 aliphatic heterocycles. The molecule has 0 radical (unpaired) electrons. The maximum atomic E-state index is 12.1. The number of nitrogens with one attached hydrogen (secondary N) is 1. The van der Waals surface area contributed by atoms with Crippen LogP contribution in [0.1, 0.15) is 68.0 Å². The average Bonchev–Trinajstić information content (AvgIpc) is 2.98. The van der Waals surface area contributed by atoms with Gasteiger partial charge in [-0.3, -0.25) is 5.32 Å². The highest BCUT2D eigenvalue weighted by Gasteiger charge is 2.17. The van der Waals surface area contributed by atoms with Crippen molar-refractivity contribution in [1.29, 1.82) is 0 Å². The fourth-order valence-electron chi connectivity index (χ4n) is 2.62. The molecule has 0 bridgehead atoms. The van der Waals surface area contributed by atoms with Gasteiger partial charge in [-0.05, 0) is 37.5 Å². The van der Waals surface area contributed by atoms with E-state index in [1.165, 1.54) is 19.3 Å². The minimum Gasteiger partial charge on any atom is -0.459 e. The van der Waals surface area contributed by atoms with Crippen molar-refractivity contribution >= 4 is 11.8 Å². The summed E-state index contributed by atoms with van der Waals surface area (Å²) in [6, 6.07) is 7.35. The topological polar surface area (TPSA) is 76.7 Å². The predicted molar refractivity (Wildman–Crippen MR) is 92.4 cm³/mol. The van der Waals surface area contributed by atoms with Crippen LogP contribution in [0.3, 0.4) is 0 Å². The van der Waals surface area contributed by atoms with Crippen molar-refractivity contribution in [2.75, 3.05) is 6.54 Å². The monoisotopic (exact) mass is 317 g/mol. The number of carbonyl (C=O) groups is 1. The van der Waals surface area contributed by atoms with Gasteiger partial charge in [0.25, 0.3) is 0 Å². The van der Waals surface area contributed by atoms with Crippen LogP contribution >= 0.6 is 0 Å². The van der Waals surface area contributed by atoms with Gasteiger partial charge in [0.2, 0.25) is 0 Å². The molecule has 3 N–H and O–H groups in total. The number of aliphatic imine (C=N–C) groups is 1. The molecule has 2 rings (SSSR count). The third-order valence-electron chi connectivity index (χ3n) is 4.01. The third-order valence-corrected chi connectivity index (χ3v) is 4.01. The van der Waals surface area contributed by atoms with Gasteiger partial charge in [0.15, 0.2) is 0 Å². The smallest absolute Gasteiger partial charge is 0.338 e. The van der Waals surface area contributed by atoms with Crippen molar-refractivity contribution in [1.82, 2.24) is 5.32 Å². The summed E-state index contributed by atoms with van der Waals surface area (Å²) in [6.07, 6.45) is 5.52. The maximum absolute atomic E-state index is 12.1. The molecule has 23 heavy (non-hydrogen) atoms. The summed E-state index contributed by atoms with van der Waals surface area (Å²) in [6.45, 7) is 4.75. The highest BCUT2D eigenvalue weighted by molar-refractivity contribution is 5.89. The lowest BCUT2D eigenvalue weighted by Crippen LogP contribution is -2.21. The third kappa shape index (κ3) is 5.36. The van der Waals surface area contributed by atoms with E-state index in [0.29, 0.717) is 17.9 Å². The van der Waals surface area contributed by atoms with E-state index in [2.05, 4.69) is 17.2 Å². The van der Waals surface area contributed by atoms with E-state index >= 15 is 0 Å². The molecule has 0 aromatic heterocycles. The van der Waals surface area contributed by atoms with Gasteiger partial charge in [0.05, 0.1) is 18.2 Å². The molecule has 1 aromatic carbocycles. The van der Waals surface area contributed by atoms with Crippen LogP contribution in [-0.4, -0.2) is 24.5 Å². The SMILES string of the molecule is CCCCCCC(C)OC(=O)c1ccc(C2N=C(N)CN2)cc1. The molecule has 5 heteroatoms. The lowest BCUT2D eigenvalue weighted by atomic mass is 10.1. The predicted octanol–water partition coefficient (Wildman–Crippen LogP) is 3.16. The van der Waals surface area contributed by atoms with E-state index in [4.69, 9.17) is 10.5 Å². The van der Waals surface area contributed by atoms with Crippen molar-refractivity contribution in [3.8, 4) is 0 Å². The summed E-state index contributed by atoms with van der Waals surface area (Å²) in [5.41, 5.74) is 7.24. The zero-order valence-electron chi connectivity index (χ0n) is 14.0. The Bertz CT molecular complexity index is 540. The Hall–Kier alpha value is -1.88. The van der Waals surface area contributed by atoms with Gasteiger partial charge in [-0.2, -0.15) is 0 Å². The molecule has 0 saturated heterocycles. The Balaban J connectivity index is 1.83. The van der Waals surface area contributed by atoms with Crippen molar-refractivity contribution < 1.29 is 9.53 Å². The molecule has 5 nitrogen and oxygen atoms in total. The highest BCUT2D eigenvalue weighted by atomic mass is 16.5. The Labute approximate surface area is 138 Å². The molecule has 0 saturated carbocycles. The Morgan fingerprint density at radius 1 is 1.35 bits per heavy atom. The molecule has 1 aliphatic rings. The molecular formula is C18H27N3O2. The second kappa shape index (κ2) is 8.67. The van der Waals surface area contributed by atoms with Crippen LogP contribution in [0.25, 0.3) is 0 Å². The first-order valence-corrected chi connectivity index (χ1v) is 8.46. The number of nitrogens with zero attached hydrogens (tertiary/aromatic N) is 1. The lowest BCUT2D eigenvalue weighted by molar-refractivity contribution is 0.0319. The molecule has 0 spiro atoms. The highest BCUT2D eigenvalue weighted by Crippen LogP contribution is 2.19. The summed E-state index contributed by atoms with van der Waals surface area (Å²) >= 11 is 0. The molecule has 0 amide bonds. The zero-order valence-corrected chi connectivity index (χ0v) is 14.0. The van der Waals surface area contributed by atoms with Crippen molar-refractivity contribution in [3.05, 3.63) is 35.4 Å². The summed E-state index contributed by atoms with van der Waals surface area (Å²) in [4.78, 5) is 16.4. The van der Waals surface area contributed by atoms with Crippen LogP contribution in [0.15, 0.2) is 29.3 Å². The Morgan fingerprint density at radius 2 is 2.09 bits per heavy atom. The maximum Gasteiger partial charge on any atom is 0.338 e. The molecule has 1 aromatic rings. The van der Waals surface area contributed by atoms with Gasteiger partial charge in [-0.15, -0.1) is 0 Å². The largest absolute Gasteiger partial charge is 0.459 e. The van der Waals surface area contributed by atoms with Crippen LogP contribution < -0.4 is 11.1 Å². The van der Waals surface area contributed by atoms with Crippen LogP contribution in [0, 0.1) is 0 Å². The minimum absolute atomic E-state index is 0.0417. The lowest BCUT2D eigenvalue weighted by Gasteiger charge is -2.14. The van der Waals surface area contributed by atoms with Crippen molar-refractivity contribution in [2.45, 2.75) is 58.2 Å². The number of nitrogens with two attached hydrogens (primary N) is 1. The van der Waals surface area contributed by atoms with Gasteiger partial charge in [0, 0.05) is 0 Å². The fourth-order valence-corrected chi connectivity index (χ4v) is 2.62. The van der Waals surface area contributed by atoms with Crippen LogP contribution in [0.5, 0.6) is 0 Å². The van der Waals surface area contributed by atoms with E-state index in [1.54, 1.807) is 12.1 Å². The molecule has 0 fully saturated rings. The standard InChI is InChI=1S/C18H27N3O2/c1-3-4-5-6-7-13(2)23-18(22)15-10-8-14(9-11-15)17-20-12-16(19)21-17/h8-11,13,17,20H,3-7,12H2,1-2H3,(H2,19,21). The number of hydrogen-bond donors (Lipinski definition) is 2. The van der Waals surface area contributed by atoms with Gasteiger partial charge >= 0.3 is 5.97 Å². The molecule has 2 atom stereocenters. The fraction of sp³-hybridized carbons (Fsp3) is 0.556. The number of hydrogen-bond acceptors (Lipinski definition) is 5. The van der Waals surface area contributed by atoms with Crippen LogP contribution in [0.4, 0.5) is 0 Å². The van der Waals surface area contributed by atoms with Gasteiger partial charge in [-0.25, -0.2) is 9.79 Å². The second-order valence-corrected chi connectivity index (χ2v) is 6.09. The molecular weight excluding hydrogens is 290 g/mol. The van der Waals surface area contributed by atoms with Gasteiger partial charge in [-0.1, -0.05) is 38.3 Å². The zero-order chi connectivity index (χ0) is 16.7. The van der Waals surface area contributed by atoms with E-state index in [1.807, 2.05) is 19.1 Å². The van der Waals surface area contributed by atoms with Gasteiger partial charge < -0.3 is 10.5 Å². The minimum atomic E-state index is -0.262. The Morgan fingerprint density at radius 3 is 2.70 bits per heavy atom. The first-order valence-electron chi connectivity index (χ1n) is 8.46. The summed E-state index contributed by atoms with van der Waals surface area (Å²) in [5, 5.41) is 3.19. The first kappa shape index (κ1) is 17.5. The van der Waals surface area contributed by atoms with E-state index in [9.17, 15) is 4.79 Å². The van der Waals surface area contributed by atoms with Crippen molar-refractivity contribution in [2.24, 2.45) is 10.7 Å². The Kier molecular flexibility index (Phi) is 6.59. The summed E-state index contributed by atoms with van der Waals surface area (Å²) in [7, 11) is 0. The molecule has 1 heterocycles. The van der Waals surface area contributed by atoms with Gasteiger partial charge in [0.1, 0.15) is 12.0 Å². The number of amidine groups is 1. The second-order valence-electron chi connectivity index (χ2n) is 6.09. The normalized spacial score (nSPS) is 18.5. The average molecular weight is 317 g/mol. The van der Waals surface area contributed by atoms with Crippen molar-refractivity contribution in [3.63, 3.8) is 0 Å². The van der Waals surface area contributed by atoms with Crippen LogP contribution in [-0.2, 0) is 4.74 Å². The number of carbonyl (C=O) groups excluding carboxylic acids is 1. The number of ether oxygens (including phenoxy) is 1. The molecule has 126 valence electrons. The van der Waals surface area contributed by atoms with E-state index in [-0.39, 0.29) is 18.2 Å². The summed E-state index contributed by atoms with van der Waals surface area (Å²) < 4.78 is 5.50. The number of esters is 1.